The first kappa shape index (κ1) is 12.1. The average Bonchev–Trinajstić information content (AvgIpc) is 2.36. The molecule has 3 nitrogen and oxygen atoms in total. The molecular weight excluding hydrogens is 216 g/mol. The minimum absolute atomic E-state index is 0.274. The van der Waals surface area contributed by atoms with Gasteiger partial charge in [-0.2, -0.15) is 0 Å². The maximum absolute atomic E-state index is 11.7. The first-order chi connectivity index (χ1) is 8.20. The number of fused-ring (bicyclic) bond motifs is 1. The van der Waals surface area contributed by atoms with Crippen molar-refractivity contribution in [1.29, 1.82) is 0 Å². The average molecular weight is 234 g/mol. The molecule has 1 aliphatic rings. The first-order valence-corrected chi connectivity index (χ1v) is 6.10. The Morgan fingerprint density at radius 1 is 1.47 bits per heavy atom. The third-order valence-electron chi connectivity index (χ3n) is 3.54. The quantitative estimate of drug-likeness (QED) is 0.870. The number of carboxylic acids is 1. The predicted molar refractivity (Wildman–Crippen MR) is 65.2 cm³/mol. The van der Waals surface area contributed by atoms with Gasteiger partial charge in [0.2, 0.25) is 0 Å². The van der Waals surface area contributed by atoms with Crippen molar-refractivity contribution in [3.63, 3.8) is 0 Å². The van der Waals surface area contributed by atoms with Crippen LogP contribution >= 0.6 is 0 Å². The standard InChI is InChI=1S/C14H18O3/c1-2-17-10-14(13(15)16)9-5-7-11-6-3-4-8-12(11)14/h3-4,6,8H,2,5,7,9-10H2,1H3,(H,15,16). The molecule has 0 radical (unpaired) electrons. The van der Waals surface area contributed by atoms with Crippen molar-refractivity contribution in [2.24, 2.45) is 0 Å². The molecular formula is C14H18O3. The van der Waals surface area contributed by atoms with Gasteiger partial charge in [-0.25, -0.2) is 0 Å². The summed E-state index contributed by atoms with van der Waals surface area (Å²) in [7, 11) is 0. The van der Waals surface area contributed by atoms with Gasteiger partial charge < -0.3 is 9.84 Å². The number of hydrogen-bond acceptors (Lipinski definition) is 2. The lowest BCUT2D eigenvalue weighted by atomic mass is 9.70. The second kappa shape index (κ2) is 4.88. The molecule has 92 valence electrons. The molecule has 0 bridgehead atoms. The summed E-state index contributed by atoms with van der Waals surface area (Å²) in [5, 5.41) is 9.58. The smallest absolute Gasteiger partial charge is 0.316 e. The maximum atomic E-state index is 11.7. The molecule has 0 aromatic heterocycles. The molecule has 1 unspecified atom stereocenters. The van der Waals surface area contributed by atoms with E-state index >= 15 is 0 Å². The largest absolute Gasteiger partial charge is 0.481 e. The van der Waals surface area contributed by atoms with Gasteiger partial charge in [-0.05, 0) is 37.3 Å². The van der Waals surface area contributed by atoms with Gasteiger partial charge in [-0.15, -0.1) is 0 Å². The topological polar surface area (TPSA) is 46.5 Å². The summed E-state index contributed by atoms with van der Waals surface area (Å²) >= 11 is 0. The molecule has 0 aliphatic heterocycles. The zero-order chi connectivity index (χ0) is 12.3. The van der Waals surface area contributed by atoms with E-state index in [4.69, 9.17) is 4.74 Å². The fourth-order valence-corrected chi connectivity index (χ4v) is 2.63. The van der Waals surface area contributed by atoms with Gasteiger partial charge in [0.1, 0.15) is 5.41 Å². The van der Waals surface area contributed by atoms with E-state index in [9.17, 15) is 9.90 Å². The summed E-state index contributed by atoms with van der Waals surface area (Å²) in [6, 6.07) is 7.84. The van der Waals surface area contributed by atoms with Crippen LogP contribution < -0.4 is 0 Å². The number of benzene rings is 1. The minimum Gasteiger partial charge on any atom is -0.481 e. The summed E-state index contributed by atoms with van der Waals surface area (Å²) in [5.41, 5.74) is 1.25. The predicted octanol–water partition coefficient (Wildman–Crippen LogP) is 2.38. The molecule has 0 spiro atoms. The van der Waals surface area contributed by atoms with Crippen LogP contribution in [0.2, 0.25) is 0 Å². The van der Waals surface area contributed by atoms with Crippen molar-refractivity contribution in [3.05, 3.63) is 35.4 Å². The Hall–Kier alpha value is -1.35. The van der Waals surface area contributed by atoms with Gasteiger partial charge in [0.05, 0.1) is 6.61 Å². The summed E-state index contributed by atoms with van der Waals surface area (Å²) in [6.07, 6.45) is 2.55. The van der Waals surface area contributed by atoms with Gasteiger partial charge in [-0.3, -0.25) is 4.79 Å². The third kappa shape index (κ3) is 2.07. The molecule has 0 saturated carbocycles. The van der Waals surface area contributed by atoms with Gasteiger partial charge >= 0.3 is 5.97 Å². The Kier molecular flexibility index (Phi) is 3.48. The van der Waals surface area contributed by atoms with Crippen LogP contribution in [0.3, 0.4) is 0 Å². The number of aryl methyl sites for hydroxylation is 1. The monoisotopic (exact) mass is 234 g/mol. The Labute approximate surface area is 101 Å². The van der Waals surface area contributed by atoms with Crippen LogP contribution in [-0.4, -0.2) is 24.3 Å². The lowest BCUT2D eigenvalue weighted by molar-refractivity contribution is -0.147. The lowest BCUT2D eigenvalue weighted by Crippen LogP contribution is -2.43. The van der Waals surface area contributed by atoms with E-state index in [0.717, 1.165) is 24.0 Å². The summed E-state index contributed by atoms with van der Waals surface area (Å²) in [6.45, 7) is 2.72. The van der Waals surface area contributed by atoms with E-state index in [0.29, 0.717) is 13.0 Å². The van der Waals surface area contributed by atoms with Gasteiger partial charge in [0.15, 0.2) is 0 Å². The highest BCUT2D eigenvalue weighted by molar-refractivity contribution is 5.82. The second-order valence-corrected chi connectivity index (χ2v) is 4.54. The zero-order valence-corrected chi connectivity index (χ0v) is 10.1. The minimum atomic E-state index is -0.842. The van der Waals surface area contributed by atoms with E-state index < -0.39 is 11.4 Å². The fourth-order valence-electron chi connectivity index (χ4n) is 2.63. The highest BCUT2D eigenvalue weighted by Gasteiger charge is 2.43. The molecule has 1 aromatic carbocycles. The first-order valence-electron chi connectivity index (χ1n) is 6.10. The number of carbonyl (C=O) groups is 1. The third-order valence-corrected chi connectivity index (χ3v) is 3.54. The second-order valence-electron chi connectivity index (χ2n) is 4.54. The van der Waals surface area contributed by atoms with Gasteiger partial charge in [0, 0.05) is 6.61 Å². The van der Waals surface area contributed by atoms with Crippen molar-refractivity contribution in [2.45, 2.75) is 31.6 Å². The highest BCUT2D eigenvalue weighted by Crippen LogP contribution is 2.38. The zero-order valence-electron chi connectivity index (χ0n) is 10.1. The van der Waals surface area contributed by atoms with Crippen molar-refractivity contribution < 1.29 is 14.6 Å². The van der Waals surface area contributed by atoms with E-state index in [2.05, 4.69) is 0 Å². The molecule has 0 fully saturated rings. The highest BCUT2D eigenvalue weighted by atomic mass is 16.5. The SMILES string of the molecule is CCOCC1(C(=O)O)CCCc2ccccc21. The van der Waals surface area contributed by atoms with E-state index in [1.54, 1.807) is 0 Å². The van der Waals surface area contributed by atoms with Gasteiger partial charge in [-0.1, -0.05) is 24.3 Å². The van der Waals surface area contributed by atoms with Crippen LogP contribution in [0.5, 0.6) is 0 Å². The number of hydrogen-bond donors (Lipinski definition) is 1. The number of ether oxygens (including phenoxy) is 1. The van der Waals surface area contributed by atoms with Crippen LogP contribution in [0.25, 0.3) is 0 Å². The van der Waals surface area contributed by atoms with Crippen molar-refractivity contribution >= 4 is 5.97 Å². The fraction of sp³-hybridized carbons (Fsp3) is 0.500. The summed E-state index contributed by atoms with van der Waals surface area (Å²) in [5.74, 6) is -0.766. The molecule has 1 atom stereocenters. The number of aliphatic carboxylic acids is 1. The Morgan fingerprint density at radius 2 is 2.24 bits per heavy atom. The van der Waals surface area contributed by atoms with Crippen LogP contribution in [0.15, 0.2) is 24.3 Å². The summed E-state index contributed by atoms with van der Waals surface area (Å²) in [4.78, 5) is 11.7. The van der Waals surface area contributed by atoms with E-state index in [1.807, 2.05) is 31.2 Å². The van der Waals surface area contributed by atoms with Crippen molar-refractivity contribution in [3.8, 4) is 0 Å². The normalized spacial score (nSPS) is 23.1. The van der Waals surface area contributed by atoms with Crippen LogP contribution in [0.4, 0.5) is 0 Å². The molecule has 2 rings (SSSR count). The Morgan fingerprint density at radius 3 is 2.94 bits per heavy atom. The van der Waals surface area contributed by atoms with Crippen LogP contribution in [-0.2, 0) is 21.4 Å². The van der Waals surface area contributed by atoms with Gasteiger partial charge in [0.25, 0.3) is 0 Å². The number of rotatable bonds is 4. The molecule has 3 heteroatoms. The van der Waals surface area contributed by atoms with E-state index in [1.165, 1.54) is 0 Å². The van der Waals surface area contributed by atoms with Crippen molar-refractivity contribution in [2.75, 3.05) is 13.2 Å². The summed E-state index contributed by atoms with van der Waals surface area (Å²) < 4.78 is 5.41. The molecule has 0 amide bonds. The molecule has 1 aliphatic carbocycles. The molecule has 0 saturated heterocycles. The van der Waals surface area contributed by atoms with Crippen molar-refractivity contribution in [1.82, 2.24) is 0 Å². The van der Waals surface area contributed by atoms with Crippen LogP contribution in [0, 0.1) is 0 Å². The molecule has 17 heavy (non-hydrogen) atoms. The molecule has 0 heterocycles. The Bertz CT molecular complexity index is 414. The van der Waals surface area contributed by atoms with E-state index in [-0.39, 0.29) is 6.61 Å². The Balaban J connectivity index is 2.43. The molecule has 1 N–H and O–H groups in total. The molecule has 1 aromatic rings. The maximum Gasteiger partial charge on any atom is 0.316 e. The van der Waals surface area contributed by atoms with Crippen LogP contribution in [0.1, 0.15) is 30.9 Å². The lowest BCUT2D eigenvalue weighted by Gasteiger charge is -2.35. The number of carboxylic acid groups (broad SMARTS) is 1.